The van der Waals surface area contributed by atoms with E-state index in [-0.39, 0.29) is 5.91 Å². The smallest absolute Gasteiger partial charge is 0.226 e. The van der Waals surface area contributed by atoms with Crippen molar-refractivity contribution < 1.29 is 4.79 Å². The Bertz CT molecular complexity index is 107. The van der Waals surface area contributed by atoms with E-state index in [4.69, 9.17) is 0 Å². The molecule has 2 nitrogen and oxygen atoms in total. The number of nitrogens with zero attached hydrogens (tertiary/aromatic N) is 1. The number of likely N-dealkylation sites (tertiary alicyclic amines) is 1. The number of amides is 1. The van der Waals surface area contributed by atoms with Gasteiger partial charge in [-0.05, 0) is 12.8 Å². The molecule has 2 heteroatoms. The van der Waals surface area contributed by atoms with Gasteiger partial charge in [-0.25, -0.2) is 0 Å². The molecular weight excluding hydrogens is 114 g/mol. The van der Waals surface area contributed by atoms with E-state index >= 15 is 0 Å². The van der Waals surface area contributed by atoms with E-state index in [1.807, 2.05) is 11.8 Å². The fourth-order valence-electron chi connectivity index (χ4n) is 0.840. The van der Waals surface area contributed by atoms with Gasteiger partial charge in [0.15, 0.2) is 0 Å². The summed E-state index contributed by atoms with van der Waals surface area (Å²) in [5, 5.41) is 0. The summed E-state index contributed by atoms with van der Waals surface area (Å²) in [6.07, 6.45) is 3.78. The fraction of sp³-hybridized carbons (Fsp3) is 0.714. The van der Waals surface area contributed by atoms with Gasteiger partial charge in [0.05, 0.1) is 0 Å². The van der Waals surface area contributed by atoms with Gasteiger partial charge in [-0.2, -0.15) is 0 Å². The summed E-state index contributed by atoms with van der Waals surface area (Å²) < 4.78 is 0. The first-order valence-electron chi connectivity index (χ1n) is 3.46. The van der Waals surface area contributed by atoms with Crippen molar-refractivity contribution in [1.82, 2.24) is 4.90 Å². The normalized spacial score (nSPS) is 17.2. The van der Waals surface area contributed by atoms with Gasteiger partial charge in [-0.15, -0.1) is 0 Å². The van der Waals surface area contributed by atoms with Gasteiger partial charge in [-0.3, -0.25) is 4.79 Å². The van der Waals surface area contributed by atoms with E-state index in [9.17, 15) is 4.79 Å². The Hall–Kier alpha value is -0.530. The highest BCUT2D eigenvalue weighted by atomic mass is 16.2. The van der Waals surface area contributed by atoms with Crippen LogP contribution in [-0.2, 0) is 4.79 Å². The third-order valence-corrected chi connectivity index (χ3v) is 1.55. The molecule has 1 amide bonds. The van der Waals surface area contributed by atoms with Crippen LogP contribution in [0.2, 0.25) is 0 Å². The van der Waals surface area contributed by atoms with Gasteiger partial charge in [0.25, 0.3) is 0 Å². The molecule has 0 aromatic heterocycles. The molecule has 0 saturated carbocycles. The fourth-order valence-corrected chi connectivity index (χ4v) is 0.840. The van der Waals surface area contributed by atoms with Gasteiger partial charge in [0.1, 0.15) is 0 Å². The maximum atomic E-state index is 10.9. The molecule has 1 heterocycles. The summed E-state index contributed by atoms with van der Waals surface area (Å²) in [7, 11) is 0. The monoisotopic (exact) mass is 126 g/mol. The largest absolute Gasteiger partial charge is 0.342 e. The summed E-state index contributed by atoms with van der Waals surface area (Å²) in [6, 6.07) is 0. The minimum Gasteiger partial charge on any atom is -0.342 e. The van der Waals surface area contributed by atoms with Crippen LogP contribution in [0.1, 0.15) is 19.8 Å². The number of rotatable bonds is 2. The lowest BCUT2D eigenvalue weighted by Gasteiger charge is -2.30. The molecule has 51 valence electrons. The van der Waals surface area contributed by atoms with Crippen molar-refractivity contribution in [2.45, 2.75) is 19.8 Å². The Kier molecular flexibility index (Phi) is 2.09. The molecule has 0 spiro atoms. The minimum atomic E-state index is 0.212. The molecule has 0 aromatic rings. The second-order valence-corrected chi connectivity index (χ2v) is 2.29. The maximum absolute atomic E-state index is 10.9. The number of carbonyl (C=O) groups excluding carboxylic acids is 1. The molecule has 0 bridgehead atoms. The molecule has 0 N–H and O–H groups in total. The highest BCUT2D eigenvalue weighted by molar-refractivity contribution is 5.85. The average molecular weight is 126 g/mol. The van der Waals surface area contributed by atoms with Gasteiger partial charge < -0.3 is 4.90 Å². The molecule has 1 aliphatic rings. The van der Waals surface area contributed by atoms with Crippen LogP contribution in [0.5, 0.6) is 0 Å². The van der Waals surface area contributed by atoms with Gasteiger partial charge in [0.2, 0.25) is 5.91 Å². The molecular formula is C7H12NO. The van der Waals surface area contributed by atoms with Crippen LogP contribution in [0, 0.1) is 6.42 Å². The van der Waals surface area contributed by atoms with E-state index in [0.29, 0.717) is 0 Å². The molecule has 0 aliphatic carbocycles. The van der Waals surface area contributed by atoms with Gasteiger partial charge in [0, 0.05) is 19.5 Å². The van der Waals surface area contributed by atoms with E-state index < -0.39 is 0 Å². The lowest BCUT2D eigenvalue weighted by atomic mass is 10.2. The summed E-state index contributed by atoms with van der Waals surface area (Å²) in [6.45, 7) is 3.92. The quantitative estimate of drug-likeness (QED) is 0.536. The molecule has 1 rings (SSSR count). The van der Waals surface area contributed by atoms with Crippen molar-refractivity contribution in [3.8, 4) is 0 Å². The van der Waals surface area contributed by atoms with Gasteiger partial charge >= 0.3 is 0 Å². The third-order valence-electron chi connectivity index (χ3n) is 1.55. The molecule has 1 aliphatic heterocycles. The van der Waals surface area contributed by atoms with Crippen molar-refractivity contribution in [1.29, 1.82) is 0 Å². The zero-order chi connectivity index (χ0) is 6.69. The predicted molar refractivity (Wildman–Crippen MR) is 35.8 cm³/mol. The predicted octanol–water partition coefficient (Wildman–Crippen LogP) is 0.833. The molecule has 1 radical (unpaired) electrons. The van der Waals surface area contributed by atoms with Crippen molar-refractivity contribution in [2.24, 2.45) is 0 Å². The third kappa shape index (κ3) is 1.44. The Morgan fingerprint density at radius 3 is 2.67 bits per heavy atom. The maximum Gasteiger partial charge on any atom is 0.226 e. The van der Waals surface area contributed by atoms with E-state index in [0.717, 1.165) is 19.5 Å². The second kappa shape index (κ2) is 2.85. The van der Waals surface area contributed by atoms with Crippen LogP contribution >= 0.6 is 0 Å². The standard InChI is InChI=1S/C7H12NO/c1-2-4-7(9)8-5-3-6-8/h4H,2-3,5-6H2,1H3. The number of hydrogen-bond acceptors (Lipinski definition) is 1. The second-order valence-electron chi connectivity index (χ2n) is 2.29. The highest BCUT2D eigenvalue weighted by Gasteiger charge is 2.18. The van der Waals surface area contributed by atoms with Crippen molar-refractivity contribution in [3.05, 3.63) is 6.42 Å². The molecule has 1 fully saturated rings. The summed E-state index contributed by atoms with van der Waals surface area (Å²) in [5.74, 6) is 0.212. The van der Waals surface area contributed by atoms with Crippen LogP contribution in [0.4, 0.5) is 0 Å². The Morgan fingerprint density at radius 1 is 1.67 bits per heavy atom. The van der Waals surface area contributed by atoms with Crippen molar-refractivity contribution >= 4 is 5.91 Å². The first-order valence-corrected chi connectivity index (χ1v) is 3.46. The van der Waals surface area contributed by atoms with Crippen LogP contribution in [0.25, 0.3) is 0 Å². The SMILES string of the molecule is CC[CH]C(=O)N1CCC1. The Morgan fingerprint density at radius 2 is 2.33 bits per heavy atom. The van der Waals surface area contributed by atoms with Crippen LogP contribution in [-0.4, -0.2) is 23.9 Å². The molecule has 9 heavy (non-hydrogen) atoms. The van der Waals surface area contributed by atoms with Crippen molar-refractivity contribution in [2.75, 3.05) is 13.1 Å². The van der Waals surface area contributed by atoms with Gasteiger partial charge in [-0.1, -0.05) is 6.92 Å². The number of carbonyl (C=O) groups is 1. The Balaban J connectivity index is 2.16. The summed E-state index contributed by atoms with van der Waals surface area (Å²) >= 11 is 0. The lowest BCUT2D eigenvalue weighted by molar-refractivity contribution is -0.130. The first kappa shape index (κ1) is 6.59. The molecule has 0 aromatic carbocycles. The Labute approximate surface area is 55.8 Å². The topological polar surface area (TPSA) is 20.3 Å². The van der Waals surface area contributed by atoms with Crippen LogP contribution < -0.4 is 0 Å². The molecule has 0 unspecified atom stereocenters. The highest BCUT2D eigenvalue weighted by Crippen LogP contribution is 2.07. The number of hydrogen-bond donors (Lipinski definition) is 0. The zero-order valence-electron chi connectivity index (χ0n) is 5.76. The van der Waals surface area contributed by atoms with Crippen molar-refractivity contribution in [3.63, 3.8) is 0 Å². The van der Waals surface area contributed by atoms with E-state index in [1.165, 1.54) is 6.42 Å². The average Bonchev–Trinajstić information content (AvgIpc) is 1.60. The molecule has 1 saturated heterocycles. The molecule has 0 atom stereocenters. The first-order chi connectivity index (χ1) is 4.34. The van der Waals surface area contributed by atoms with E-state index in [2.05, 4.69) is 0 Å². The minimum absolute atomic E-state index is 0.212. The van der Waals surface area contributed by atoms with Crippen LogP contribution in [0.3, 0.4) is 0 Å². The zero-order valence-corrected chi connectivity index (χ0v) is 5.76. The summed E-state index contributed by atoms with van der Waals surface area (Å²) in [4.78, 5) is 12.8. The van der Waals surface area contributed by atoms with Crippen LogP contribution in [0.15, 0.2) is 0 Å². The van der Waals surface area contributed by atoms with E-state index in [1.54, 1.807) is 6.42 Å². The lowest BCUT2D eigenvalue weighted by Crippen LogP contribution is -2.42. The summed E-state index contributed by atoms with van der Waals surface area (Å²) in [5.41, 5.74) is 0.